The lowest BCUT2D eigenvalue weighted by Gasteiger charge is -2.08. The summed E-state index contributed by atoms with van der Waals surface area (Å²) in [4.78, 5) is 20.4. The van der Waals surface area contributed by atoms with E-state index in [2.05, 4.69) is 15.3 Å². The maximum atomic E-state index is 12.1. The minimum absolute atomic E-state index is 0.0785. The molecule has 0 aliphatic rings. The van der Waals surface area contributed by atoms with E-state index >= 15 is 0 Å². The first-order chi connectivity index (χ1) is 11.7. The van der Waals surface area contributed by atoms with Gasteiger partial charge in [-0.2, -0.15) is 0 Å². The molecule has 7 heteroatoms. The van der Waals surface area contributed by atoms with Crippen molar-refractivity contribution >= 4 is 23.2 Å². The lowest BCUT2D eigenvalue weighted by atomic mass is 10.2. The van der Waals surface area contributed by atoms with Crippen LogP contribution in [0.2, 0.25) is 5.02 Å². The Labute approximate surface area is 143 Å². The molecule has 2 heterocycles. The monoisotopic (exact) mass is 343 g/mol. The molecule has 122 valence electrons. The smallest absolute Gasteiger partial charge is 0.230 e. The quantitative estimate of drug-likeness (QED) is 0.766. The molecule has 0 fully saturated rings. The van der Waals surface area contributed by atoms with Gasteiger partial charge in [-0.3, -0.25) is 9.78 Å². The summed E-state index contributed by atoms with van der Waals surface area (Å²) in [6.45, 7) is 0. The highest BCUT2D eigenvalue weighted by Crippen LogP contribution is 2.23. The molecule has 2 aromatic heterocycles. The van der Waals surface area contributed by atoms with E-state index in [0.29, 0.717) is 28.0 Å². The van der Waals surface area contributed by atoms with Crippen LogP contribution in [0.4, 0.5) is 5.69 Å². The number of nitrogens with zero attached hydrogens (tertiary/aromatic N) is 2. The van der Waals surface area contributed by atoms with Crippen LogP contribution in [0, 0.1) is 0 Å². The second kappa shape index (κ2) is 7.14. The van der Waals surface area contributed by atoms with Crippen molar-refractivity contribution in [3.63, 3.8) is 0 Å². The molecule has 0 bridgehead atoms. The molecular formula is C17H14ClN3O3. The van der Waals surface area contributed by atoms with Crippen LogP contribution in [0.5, 0.6) is 5.75 Å². The molecule has 1 aromatic carbocycles. The number of hydrogen-bond acceptors (Lipinski definition) is 5. The molecule has 0 saturated heterocycles. The molecule has 3 aromatic rings. The molecule has 3 rings (SSSR count). The minimum Gasteiger partial charge on any atom is -0.494 e. The van der Waals surface area contributed by atoms with Gasteiger partial charge in [0.2, 0.25) is 11.8 Å². The minimum atomic E-state index is -0.239. The van der Waals surface area contributed by atoms with E-state index in [1.54, 1.807) is 36.5 Å². The van der Waals surface area contributed by atoms with Gasteiger partial charge in [0.05, 0.1) is 25.4 Å². The van der Waals surface area contributed by atoms with Crippen LogP contribution >= 0.6 is 11.6 Å². The summed E-state index contributed by atoms with van der Waals surface area (Å²) in [6, 6.07) is 8.78. The number of ether oxygens (including phenoxy) is 1. The van der Waals surface area contributed by atoms with Crippen LogP contribution in [-0.4, -0.2) is 23.0 Å². The Morgan fingerprint density at radius 3 is 2.83 bits per heavy atom. The lowest BCUT2D eigenvalue weighted by molar-refractivity contribution is -0.115. The molecule has 0 aliphatic heterocycles. The maximum absolute atomic E-state index is 12.1. The number of pyridine rings is 1. The van der Waals surface area contributed by atoms with E-state index in [-0.39, 0.29) is 12.3 Å². The molecule has 0 unspecified atom stereocenters. The highest BCUT2D eigenvalue weighted by molar-refractivity contribution is 6.30. The summed E-state index contributed by atoms with van der Waals surface area (Å²) >= 11 is 5.86. The van der Waals surface area contributed by atoms with Crippen molar-refractivity contribution in [1.29, 1.82) is 0 Å². The summed E-state index contributed by atoms with van der Waals surface area (Å²) in [6.07, 6.45) is 4.66. The average Bonchev–Trinajstić information content (AvgIpc) is 3.04. The third-order valence-corrected chi connectivity index (χ3v) is 3.51. The first kappa shape index (κ1) is 16.0. The first-order valence-electron chi connectivity index (χ1n) is 7.14. The Balaban J connectivity index is 1.68. The zero-order valence-corrected chi connectivity index (χ0v) is 13.6. The summed E-state index contributed by atoms with van der Waals surface area (Å²) in [5.74, 6) is 0.742. The van der Waals surface area contributed by atoms with Crippen molar-refractivity contribution < 1.29 is 13.9 Å². The fourth-order valence-electron chi connectivity index (χ4n) is 2.13. The zero-order valence-electron chi connectivity index (χ0n) is 12.8. The predicted molar refractivity (Wildman–Crippen MR) is 90.1 cm³/mol. The number of anilines is 1. The van der Waals surface area contributed by atoms with Gasteiger partial charge >= 0.3 is 0 Å². The van der Waals surface area contributed by atoms with Crippen LogP contribution in [0.15, 0.2) is 53.4 Å². The molecule has 1 amide bonds. The van der Waals surface area contributed by atoms with Gasteiger partial charge in [0.1, 0.15) is 17.7 Å². The fraction of sp³-hybridized carbons (Fsp3) is 0.118. The summed E-state index contributed by atoms with van der Waals surface area (Å²) in [7, 11) is 1.53. The number of hydrogen-bond donors (Lipinski definition) is 1. The summed E-state index contributed by atoms with van der Waals surface area (Å²) < 4.78 is 10.6. The van der Waals surface area contributed by atoms with Gasteiger partial charge < -0.3 is 14.5 Å². The van der Waals surface area contributed by atoms with Gasteiger partial charge in [-0.1, -0.05) is 11.6 Å². The number of halogens is 1. The number of benzene rings is 1. The Morgan fingerprint density at radius 1 is 1.29 bits per heavy atom. The number of methoxy groups -OCH3 is 1. The van der Waals surface area contributed by atoms with Gasteiger partial charge in [0, 0.05) is 22.8 Å². The SMILES string of the molecule is COc1ccncc1NC(=O)Cc1coc(-c2ccc(Cl)cc2)n1. The van der Waals surface area contributed by atoms with Crippen molar-refractivity contribution in [2.45, 2.75) is 6.42 Å². The summed E-state index contributed by atoms with van der Waals surface area (Å²) in [5.41, 5.74) is 1.83. The van der Waals surface area contributed by atoms with Gasteiger partial charge in [-0.05, 0) is 24.3 Å². The molecule has 6 nitrogen and oxygen atoms in total. The molecule has 1 N–H and O–H groups in total. The topological polar surface area (TPSA) is 77.2 Å². The number of nitrogens with one attached hydrogen (secondary N) is 1. The molecule has 0 atom stereocenters. The molecule has 0 spiro atoms. The Hall–Kier alpha value is -2.86. The van der Waals surface area contributed by atoms with Crippen molar-refractivity contribution in [3.05, 3.63) is 59.7 Å². The van der Waals surface area contributed by atoms with E-state index in [1.165, 1.54) is 19.6 Å². The van der Waals surface area contributed by atoms with Crippen LogP contribution in [0.1, 0.15) is 5.69 Å². The number of aromatic nitrogens is 2. The van der Waals surface area contributed by atoms with E-state index in [0.717, 1.165) is 5.56 Å². The fourth-order valence-corrected chi connectivity index (χ4v) is 2.25. The number of carbonyl (C=O) groups is 1. The standard InChI is InChI=1S/C17H14ClN3O3/c1-23-15-6-7-19-9-14(15)21-16(22)8-13-10-24-17(20-13)11-2-4-12(18)5-3-11/h2-7,9-10H,8H2,1H3,(H,21,22). The maximum Gasteiger partial charge on any atom is 0.230 e. The third-order valence-electron chi connectivity index (χ3n) is 3.26. The molecule has 0 aliphatic carbocycles. The van der Waals surface area contributed by atoms with E-state index < -0.39 is 0 Å². The van der Waals surface area contributed by atoms with Crippen molar-refractivity contribution in [2.75, 3.05) is 12.4 Å². The predicted octanol–water partition coefficient (Wildman–Crippen LogP) is 3.58. The van der Waals surface area contributed by atoms with E-state index in [4.69, 9.17) is 20.8 Å². The van der Waals surface area contributed by atoms with Crippen LogP contribution in [0.25, 0.3) is 11.5 Å². The Bertz CT molecular complexity index is 846. The molecule has 0 radical (unpaired) electrons. The second-order valence-corrected chi connectivity index (χ2v) is 5.39. The molecule has 24 heavy (non-hydrogen) atoms. The van der Waals surface area contributed by atoms with E-state index in [1.807, 2.05) is 0 Å². The number of rotatable bonds is 5. The van der Waals surface area contributed by atoms with Gasteiger partial charge in [0.15, 0.2) is 0 Å². The van der Waals surface area contributed by atoms with E-state index in [9.17, 15) is 4.79 Å². The average molecular weight is 344 g/mol. The van der Waals surface area contributed by atoms with Crippen molar-refractivity contribution in [3.8, 4) is 17.2 Å². The van der Waals surface area contributed by atoms with Crippen molar-refractivity contribution in [1.82, 2.24) is 9.97 Å². The molecular weight excluding hydrogens is 330 g/mol. The number of oxazole rings is 1. The third kappa shape index (κ3) is 3.72. The van der Waals surface area contributed by atoms with Crippen LogP contribution in [-0.2, 0) is 11.2 Å². The normalized spacial score (nSPS) is 10.4. The van der Waals surface area contributed by atoms with Gasteiger partial charge in [0.25, 0.3) is 0 Å². The summed E-state index contributed by atoms with van der Waals surface area (Å²) in [5, 5.41) is 3.38. The first-order valence-corrected chi connectivity index (χ1v) is 7.51. The number of amides is 1. The zero-order chi connectivity index (χ0) is 16.9. The second-order valence-electron chi connectivity index (χ2n) is 4.95. The highest BCUT2D eigenvalue weighted by Gasteiger charge is 2.12. The van der Waals surface area contributed by atoms with Crippen LogP contribution < -0.4 is 10.1 Å². The largest absolute Gasteiger partial charge is 0.494 e. The lowest BCUT2D eigenvalue weighted by Crippen LogP contribution is -2.15. The number of carbonyl (C=O) groups excluding carboxylic acids is 1. The van der Waals surface area contributed by atoms with Gasteiger partial charge in [-0.25, -0.2) is 4.98 Å². The Morgan fingerprint density at radius 2 is 2.08 bits per heavy atom. The highest BCUT2D eigenvalue weighted by atomic mass is 35.5. The Kier molecular flexibility index (Phi) is 4.77. The van der Waals surface area contributed by atoms with Crippen molar-refractivity contribution in [2.24, 2.45) is 0 Å². The molecule has 0 saturated carbocycles. The van der Waals surface area contributed by atoms with Crippen LogP contribution in [0.3, 0.4) is 0 Å². The van der Waals surface area contributed by atoms with Gasteiger partial charge in [-0.15, -0.1) is 0 Å².